The molecule has 6 heteroatoms. The molecule has 1 aliphatic rings. The van der Waals surface area contributed by atoms with Crippen molar-refractivity contribution in [3.63, 3.8) is 0 Å². The third-order valence-corrected chi connectivity index (χ3v) is 5.44. The molecule has 2 heterocycles. The molecule has 1 aromatic heterocycles. The van der Waals surface area contributed by atoms with Crippen LogP contribution in [-0.4, -0.2) is 35.2 Å². The molecule has 2 aromatic carbocycles. The van der Waals surface area contributed by atoms with E-state index in [1.165, 1.54) is 12.1 Å². The van der Waals surface area contributed by atoms with Gasteiger partial charge in [-0.25, -0.2) is 4.39 Å². The lowest BCUT2D eigenvalue weighted by atomic mass is 10.0. The van der Waals surface area contributed by atoms with Gasteiger partial charge in [0.25, 0.3) is 5.91 Å². The van der Waals surface area contributed by atoms with Gasteiger partial charge in [-0.05, 0) is 68.1 Å². The van der Waals surface area contributed by atoms with Crippen LogP contribution in [0.1, 0.15) is 34.3 Å². The number of carbonyl (C=O) groups excluding carboxylic acids is 1. The van der Waals surface area contributed by atoms with Crippen molar-refractivity contribution < 1.29 is 9.18 Å². The predicted octanol–water partition coefficient (Wildman–Crippen LogP) is 4.23. The average molecular weight is 392 g/mol. The van der Waals surface area contributed by atoms with Crippen LogP contribution in [0.5, 0.6) is 0 Å². The van der Waals surface area contributed by atoms with Gasteiger partial charge < -0.3 is 10.2 Å². The van der Waals surface area contributed by atoms with Crippen molar-refractivity contribution in [3.8, 4) is 11.3 Å². The van der Waals surface area contributed by atoms with Gasteiger partial charge in [-0.3, -0.25) is 9.89 Å². The maximum Gasteiger partial charge on any atom is 0.251 e. The van der Waals surface area contributed by atoms with Crippen molar-refractivity contribution in [2.75, 3.05) is 18.0 Å². The lowest BCUT2D eigenvalue weighted by Gasteiger charge is -2.33. The first-order chi connectivity index (χ1) is 14.0. The van der Waals surface area contributed by atoms with Gasteiger partial charge in [0.05, 0.1) is 5.69 Å². The number of piperidine rings is 1. The fraction of sp³-hybridized carbons (Fsp3) is 0.304. The minimum atomic E-state index is -0.257. The first-order valence-electron chi connectivity index (χ1n) is 9.94. The molecule has 1 atom stereocenters. The number of rotatable bonds is 4. The maximum absolute atomic E-state index is 13.1. The highest BCUT2D eigenvalue weighted by Crippen LogP contribution is 2.24. The number of aryl methyl sites for hydroxylation is 2. The second-order valence-corrected chi connectivity index (χ2v) is 7.72. The molecule has 0 aliphatic carbocycles. The van der Waals surface area contributed by atoms with E-state index in [0.29, 0.717) is 6.54 Å². The molecule has 1 unspecified atom stereocenters. The largest absolute Gasteiger partial charge is 0.353 e. The Labute approximate surface area is 169 Å². The molecule has 4 rings (SSSR count). The standard InChI is InChI=1S/C23H25FN4O/c1-15-5-6-16(2)20(12-15)23(29)25-19-4-3-11-28(14-19)22-13-21(26-27-22)17-7-9-18(24)10-8-17/h5-10,12-13,19H,3-4,11,14H2,1-2H3,(H,25,29)(H,26,27). The number of halogens is 1. The van der Waals surface area contributed by atoms with E-state index < -0.39 is 0 Å². The summed E-state index contributed by atoms with van der Waals surface area (Å²) in [6, 6.07) is 14.3. The second kappa shape index (κ2) is 8.07. The smallest absolute Gasteiger partial charge is 0.251 e. The minimum absolute atomic E-state index is 0.0212. The van der Waals surface area contributed by atoms with E-state index >= 15 is 0 Å². The summed E-state index contributed by atoms with van der Waals surface area (Å²) in [4.78, 5) is 14.9. The lowest BCUT2D eigenvalue weighted by Crippen LogP contribution is -2.48. The highest BCUT2D eigenvalue weighted by molar-refractivity contribution is 5.96. The molecule has 1 saturated heterocycles. The zero-order chi connectivity index (χ0) is 20.4. The van der Waals surface area contributed by atoms with Crippen LogP contribution < -0.4 is 10.2 Å². The van der Waals surface area contributed by atoms with Gasteiger partial charge >= 0.3 is 0 Å². The molecular weight excluding hydrogens is 367 g/mol. The number of H-pyrrole nitrogens is 1. The molecular formula is C23H25FN4O. The van der Waals surface area contributed by atoms with Crippen LogP contribution in [0.3, 0.4) is 0 Å². The Balaban J connectivity index is 1.44. The summed E-state index contributed by atoms with van der Waals surface area (Å²) < 4.78 is 13.1. The van der Waals surface area contributed by atoms with Crippen molar-refractivity contribution in [3.05, 3.63) is 71.0 Å². The predicted molar refractivity (Wildman–Crippen MR) is 113 cm³/mol. The topological polar surface area (TPSA) is 61.0 Å². The van der Waals surface area contributed by atoms with Crippen molar-refractivity contribution >= 4 is 11.7 Å². The molecule has 3 aromatic rings. The van der Waals surface area contributed by atoms with Gasteiger partial charge in [0.15, 0.2) is 5.82 Å². The Morgan fingerprint density at radius 3 is 2.76 bits per heavy atom. The van der Waals surface area contributed by atoms with Crippen molar-refractivity contribution in [2.45, 2.75) is 32.7 Å². The monoisotopic (exact) mass is 392 g/mol. The average Bonchev–Trinajstić information content (AvgIpc) is 3.21. The zero-order valence-corrected chi connectivity index (χ0v) is 16.7. The molecule has 0 spiro atoms. The Morgan fingerprint density at radius 1 is 1.17 bits per heavy atom. The molecule has 150 valence electrons. The van der Waals surface area contributed by atoms with Crippen LogP contribution in [0.25, 0.3) is 11.3 Å². The van der Waals surface area contributed by atoms with Crippen molar-refractivity contribution in [1.82, 2.24) is 15.5 Å². The third-order valence-electron chi connectivity index (χ3n) is 5.44. The lowest BCUT2D eigenvalue weighted by molar-refractivity contribution is 0.0932. The summed E-state index contributed by atoms with van der Waals surface area (Å²) in [6.07, 6.45) is 1.93. The molecule has 0 radical (unpaired) electrons. The van der Waals surface area contributed by atoms with Crippen LogP contribution in [0.2, 0.25) is 0 Å². The number of nitrogens with one attached hydrogen (secondary N) is 2. The molecule has 1 fully saturated rings. The zero-order valence-electron chi connectivity index (χ0n) is 16.7. The summed E-state index contributed by atoms with van der Waals surface area (Å²) >= 11 is 0. The van der Waals surface area contributed by atoms with Crippen molar-refractivity contribution in [1.29, 1.82) is 0 Å². The molecule has 1 amide bonds. The maximum atomic E-state index is 13.1. The van der Waals surface area contributed by atoms with E-state index in [1.54, 1.807) is 12.1 Å². The number of hydrogen-bond donors (Lipinski definition) is 2. The number of amides is 1. The molecule has 2 N–H and O–H groups in total. The minimum Gasteiger partial charge on any atom is -0.353 e. The Hall–Kier alpha value is -3.15. The number of hydrogen-bond acceptors (Lipinski definition) is 3. The van der Waals surface area contributed by atoms with E-state index in [2.05, 4.69) is 20.4 Å². The normalized spacial score (nSPS) is 16.7. The number of aromatic amines is 1. The van der Waals surface area contributed by atoms with Crippen LogP contribution in [0, 0.1) is 19.7 Å². The molecule has 0 saturated carbocycles. The molecule has 0 bridgehead atoms. The number of benzene rings is 2. The highest BCUT2D eigenvalue weighted by Gasteiger charge is 2.24. The Morgan fingerprint density at radius 2 is 1.97 bits per heavy atom. The number of carbonyl (C=O) groups is 1. The van der Waals surface area contributed by atoms with E-state index in [1.807, 2.05) is 38.1 Å². The molecule has 29 heavy (non-hydrogen) atoms. The van der Waals surface area contributed by atoms with E-state index in [-0.39, 0.29) is 17.8 Å². The van der Waals surface area contributed by atoms with Gasteiger partial charge in [-0.1, -0.05) is 17.7 Å². The summed E-state index contributed by atoms with van der Waals surface area (Å²) in [5.74, 6) is 0.564. The SMILES string of the molecule is Cc1ccc(C)c(C(=O)NC2CCCN(c3cc(-c4ccc(F)cc4)[nH]n3)C2)c1. The summed E-state index contributed by atoms with van der Waals surface area (Å²) in [7, 11) is 0. The Bertz CT molecular complexity index is 1010. The molecule has 1 aliphatic heterocycles. The summed E-state index contributed by atoms with van der Waals surface area (Å²) in [6.45, 7) is 5.56. The van der Waals surface area contributed by atoms with Gasteiger partial charge in [-0.2, -0.15) is 5.10 Å². The second-order valence-electron chi connectivity index (χ2n) is 7.72. The first kappa shape index (κ1) is 19.2. The molecule has 5 nitrogen and oxygen atoms in total. The van der Waals surface area contributed by atoms with Crippen LogP contribution in [-0.2, 0) is 0 Å². The summed E-state index contributed by atoms with van der Waals surface area (Å²) in [5, 5.41) is 10.7. The number of nitrogens with zero attached hydrogens (tertiary/aromatic N) is 2. The van der Waals surface area contributed by atoms with Crippen LogP contribution >= 0.6 is 0 Å². The third kappa shape index (κ3) is 4.31. The van der Waals surface area contributed by atoms with Gasteiger partial charge in [0.1, 0.15) is 5.82 Å². The highest BCUT2D eigenvalue weighted by atomic mass is 19.1. The van der Waals surface area contributed by atoms with E-state index in [9.17, 15) is 9.18 Å². The van der Waals surface area contributed by atoms with Crippen LogP contribution in [0.15, 0.2) is 48.5 Å². The van der Waals surface area contributed by atoms with Gasteiger partial charge in [0, 0.05) is 30.8 Å². The van der Waals surface area contributed by atoms with Crippen molar-refractivity contribution in [2.24, 2.45) is 0 Å². The van der Waals surface area contributed by atoms with E-state index in [0.717, 1.165) is 53.2 Å². The van der Waals surface area contributed by atoms with Gasteiger partial charge in [-0.15, -0.1) is 0 Å². The fourth-order valence-electron chi connectivity index (χ4n) is 3.80. The summed E-state index contributed by atoms with van der Waals surface area (Å²) in [5.41, 5.74) is 4.54. The number of aromatic nitrogens is 2. The Kier molecular flexibility index (Phi) is 5.34. The van der Waals surface area contributed by atoms with Crippen LogP contribution in [0.4, 0.5) is 10.2 Å². The quantitative estimate of drug-likeness (QED) is 0.698. The first-order valence-corrected chi connectivity index (χ1v) is 9.94. The fourth-order valence-corrected chi connectivity index (χ4v) is 3.80. The number of anilines is 1. The van der Waals surface area contributed by atoms with E-state index in [4.69, 9.17) is 0 Å². The van der Waals surface area contributed by atoms with Gasteiger partial charge in [0.2, 0.25) is 0 Å².